The van der Waals surface area contributed by atoms with Crippen molar-refractivity contribution in [2.24, 2.45) is 0 Å². The first-order valence-electron chi connectivity index (χ1n) is 4.30. The second-order valence-electron chi connectivity index (χ2n) is 2.96. The van der Waals surface area contributed by atoms with E-state index in [0.717, 1.165) is 3.79 Å². The number of carboxylic acid groups (broad SMARTS) is 1. The van der Waals surface area contributed by atoms with Gasteiger partial charge in [0.05, 0.1) is 10.2 Å². The fraction of sp³-hybridized carbons (Fsp3) is 0.444. The summed E-state index contributed by atoms with van der Waals surface area (Å²) in [6, 6.07) is 4.24. The molecule has 1 aromatic rings. The van der Waals surface area contributed by atoms with Gasteiger partial charge in [0.15, 0.2) is 0 Å². The van der Waals surface area contributed by atoms with Gasteiger partial charge < -0.3 is 10.4 Å². The Morgan fingerprint density at radius 2 is 2.43 bits per heavy atom. The van der Waals surface area contributed by atoms with E-state index in [1.807, 2.05) is 19.1 Å². The lowest BCUT2D eigenvalue weighted by Crippen LogP contribution is -2.21. The van der Waals surface area contributed by atoms with E-state index in [1.54, 1.807) is 11.3 Å². The van der Waals surface area contributed by atoms with Crippen LogP contribution in [0.3, 0.4) is 0 Å². The zero-order chi connectivity index (χ0) is 10.6. The summed E-state index contributed by atoms with van der Waals surface area (Å²) in [6.07, 6.45) is 0.164. The second-order valence-corrected chi connectivity index (χ2v) is 5.46. The van der Waals surface area contributed by atoms with Gasteiger partial charge in [-0.1, -0.05) is 0 Å². The van der Waals surface area contributed by atoms with Crippen molar-refractivity contribution in [3.63, 3.8) is 0 Å². The van der Waals surface area contributed by atoms with E-state index in [0.29, 0.717) is 6.54 Å². The van der Waals surface area contributed by atoms with E-state index in [4.69, 9.17) is 5.11 Å². The van der Waals surface area contributed by atoms with Crippen LogP contribution in [-0.4, -0.2) is 17.6 Å². The highest BCUT2D eigenvalue weighted by Gasteiger charge is 2.07. The number of rotatable bonds is 5. The van der Waals surface area contributed by atoms with Gasteiger partial charge in [-0.05, 0) is 35.0 Å². The lowest BCUT2D eigenvalue weighted by Gasteiger charge is -2.10. The first kappa shape index (κ1) is 11.7. The zero-order valence-corrected chi connectivity index (χ0v) is 10.2. The monoisotopic (exact) mass is 277 g/mol. The van der Waals surface area contributed by atoms with Crippen LogP contribution in [0.25, 0.3) is 0 Å². The summed E-state index contributed by atoms with van der Waals surface area (Å²) in [5.74, 6) is -0.767. The van der Waals surface area contributed by atoms with Gasteiger partial charge in [0, 0.05) is 17.5 Å². The molecule has 0 aliphatic heterocycles. The molecule has 0 aromatic carbocycles. The normalized spacial score (nSPS) is 12.7. The van der Waals surface area contributed by atoms with E-state index in [1.165, 1.54) is 4.88 Å². The first-order chi connectivity index (χ1) is 6.59. The number of carboxylic acids is 1. The lowest BCUT2D eigenvalue weighted by atomic mass is 10.2. The molecule has 0 amide bonds. The predicted octanol–water partition coefficient (Wildman–Crippen LogP) is 2.64. The minimum Gasteiger partial charge on any atom is -0.481 e. The van der Waals surface area contributed by atoms with Crippen molar-refractivity contribution in [1.82, 2.24) is 5.32 Å². The van der Waals surface area contributed by atoms with Crippen molar-refractivity contribution in [3.8, 4) is 0 Å². The molecule has 14 heavy (non-hydrogen) atoms. The number of thiophene rings is 1. The van der Waals surface area contributed by atoms with Crippen LogP contribution in [0.4, 0.5) is 0 Å². The van der Waals surface area contributed by atoms with Crippen molar-refractivity contribution < 1.29 is 9.90 Å². The third kappa shape index (κ3) is 3.77. The Balaban J connectivity index is 2.35. The van der Waals surface area contributed by atoms with Gasteiger partial charge in [-0.15, -0.1) is 11.3 Å². The van der Waals surface area contributed by atoms with Gasteiger partial charge in [0.25, 0.3) is 0 Å². The fourth-order valence-corrected chi connectivity index (χ4v) is 2.51. The minimum atomic E-state index is -0.767. The molecule has 0 saturated heterocycles. The van der Waals surface area contributed by atoms with E-state index in [-0.39, 0.29) is 12.5 Å². The molecule has 0 fully saturated rings. The van der Waals surface area contributed by atoms with Crippen molar-refractivity contribution in [3.05, 3.63) is 20.8 Å². The van der Waals surface area contributed by atoms with Crippen molar-refractivity contribution in [2.75, 3.05) is 6.54 Å². The molecule has 0 spiro atoms. The largest absolute Gasteiger partial charge is 0.481 e. The summed E-state index contributed by atoms with van der Waals surface area (Å²) in [4.78, 5) is 11.5. The van der Waals surface area contributed by atoms with Gasteiger partial charge in [0.2, 0.25) is 0 Å². The predicted molar refractivity (Wildman–Crippen MR) is 60.7 cm³/mol. The van der Waals surface area contributed by atoms with Crippen LogP contribution in [0, 0.1) is 0 Å². The van der Waals surface area contributed by atoms with Crippen LogP contribution in [0.2, 0.25) is 0 Å². The van der Waals surface area contributed by atoms with Crippen molar-refractivity contribution in [1.29, 1.82) is 0 Å². The van der Waals surface area contributed by atoms with Gasteiger partial charge in [-0.2, -0.15) is 0 Å². The topological polar surface area (TPSA) is 49.3 Å². The van der Waals surface area contributed by atoms with Crippen molar-refractivity contribution in [2.45, 2.75) is 19.4 Å². The third-order valence-electron chi connectivity index (χ3n) is 1.81. The SMILES string of the molecule is CC(NCCC(=O)O)c1ccc(Br)s1. The minimum absolute atomic E-state index is 0.164. The molecule has 1 heterocycles. The summed E-state index contributed by atoms with van der Waals surface area (Å²) in [5.41, 5.74) is 0. The van der Waals surface area contributed by atoms with Gasteiger partial charge in [-0.25, -0.2) is 0 Å². The number of aliphatic carboxylic acids is 1. The molecule has 0 aliphatic carbocycles. The summed E-state index contributed by atoms with van der Waals surface area (Å²) in [5, 5.41) is 11.6. The third-order valence-corrected chi connectivity index (χ3v) is 3.62. The maximum absolute atomic E-state index is 10.3. The molecule has 0 bridgehead atoms. The molecule has 1 atom stereocenters. The van der Waals surface area contributed by atoms with Gasteiger partial charge >= 0.3 is 5.97 Å². The molecule has 2 N–H and O–H groups in total. The van der Waals surface area contributed by atoms with E-state index >= 15 is 0 Å². The van der Waals surface area contributed by atoms with Gasteiger partial charge in [0.1, 0.15) is 0 Å². The van der Waals surface area contributed by atoms with Gasteiger partial charge in [-0.3, -0.25) is 4.79 Å². The summed E-state index contributed by atoms with van der Waals surface area (Å²) in [7, 11) is 0. The van der Waals surface area contributed by atoms with E-state index in [2.05, 4.69) is 21.2 Å². The molecular weight excluding hydrogens is 266 g/mol. The Hall–Kier alpha value is -0.390. The van der Waals surface area contributed by atoms with E-state index < -0.39 is 5.97 Å². The number of nitrogens with one attached hydrogen (secondary N) is 1. The van der Waals surface area contributed by atoms with Crippen LogP contribution in [-0.2, 0) is 4.79 Å². The smallest absolute Gasteiger partial charge is 0.304 e. The Bertz CT molecular complexity index is 314. The Labute approximate surface area is 95.3 Å². The van der Waals surface area contributed by atoms with Crippen LogP contribution in [0.15, 0.2) is 15.9 Å². The van der Waals surface area contributed by atoms with Crippen LogP contribution in [0.1, 0.15) is 24.3 Å². The molecule has 1 rings (SSSR count). The Morgan fingerprint density at radius 3 is 2.93 bits per heavy atom. The molecule has 0 radical (unpaired) electrons. The summed E-state index contributed by atoms with van der Waals surface area (Å²) in [6.45, 7) is 2.53. The Morgan fingerprint density at radius 1 is 1.71 bits per heavy atom. The number of hydrogen-bond donors (Lipinski definition) is 2. The molecule has 78 valence electrons. The summed E-state index contributed by atoms with van der Waals surface area (Å²) >= 11 is 5.05. The first-order valence-corrected chi connectivity index (χ1v) is 5.91. The Kier molecular flexibility index (Phi) is 4.57. The van der Waals surface area contributed by atoms with E-state index in [9.17, 15) is 4.79 Å². The maximum atomic E-state index is 10.3. The highest BCUT2D eigenvalue weighted by Crippen LogP contribution is 2.26. The fourth-order valence-electron chi connectivity index (χ4n) is 1.06. The zero-order valence-electron chi connectivity index (χ0n) is 7.79. The standard InChI is InChI=1S/C9H12BrNO2S/c1-6(11-5-4-9(12)13)7-2-3-8(10)14-7/h2-3,6,11H,4-5H2,1H3,(H,12,13). The molecule has 0 aliphatic rings. The van der Waals surface area contributed by atoms with Crippen molar-refractivity contribution >= 4 is 33.2 Å². The molecule has 3 nitrogen and oxygen atoms in total. The molecule has 5 heteroatoms. The van der Waals surface area contributed by atoms with Crippen LogP contribution < -0.4 is 5.32 Å². The second kappa shape index (κ2) is 5.48. The molecule has 1 unspecified atom stereocenters. The highest BCUT2D eigenvalue weighted by atomic mass is 79.9. The number of halogens is 1. The average molecular weight is 278 g/mol. The number of carbonyl (C=O) groups is 1. The molecular formula is C9H12BrNO2S. The maximum Gasteiger partial charge on any atom is 0.304 e. The lowest BCUT2D eigenvalue weighted by molar-refractivity contribution is -0.136. The quantitative estimate of drug-likeness (QED) is 0.870. The average Bonchev–Trinajstić information content (AvgIpc) is 2.51. The molecule has 1 aromatic heterocycles. The molecule has 0 saturated carbocycles. The highest BCUT2D eigenvalue weighted by molar-refractivity contribution is 9.11. The summed E-state index contributed by atoms with van der Waals surface area (Å²) < 4.78 is 1.10. The van der Waals surface area contributed by atoms with Crippen LogP contribution >= 0.6 is 27.3 Å². The van der Waals surface area contributed by atoms with Crippen LogP contribution in [0.5, 0.6) is 0 Å². The number of hydrogen-bond acceptors (Lipinski definition) is 3.